The lowest BCUT2D eigenvalue weighted by Gasteiger charge is -2.35. The third-order valence-corrected chi connectivity index (χ3v) is 3.90. The van der Waals surface area contributed by atoms with Crippen molar-refractivity contribution in [2.45, 2.75) is 25.9 Å². The highest BCUT2D eigenvalue weighted by Crippen LogP contribution is 2.29. The van der Waals surface area contributed by atoms with E-state index in [4.69, 9.17) is 21.3 Å². The summed E-state index contributed by atoms with van der Waals surface area (Å²) in [6.07, 6.45) is 0.984. The van der Waals surface area contributed by atoms with E-state index < -0.39 is 0 Å². The number of morpholine rings is 1. The molecule has 1 saturated heterocycles. The van der Waals surface area contributed by atoms with Crippen LogP contribution in [0, 0.1) is 0 Å². The average Bonchev–Trinajstić information content (AvgIpc) is 2.39. The minimum absolute atomic E-state index is 0.337. The zero-order valence-electron chi connectivity index (χ0n) is 10.6. The van der Waals surface area contributed by atoms with Gasteiger partial charge in [0.1, 0.15) is 5.82 Å². The molecule has 2 aliphatic rings. The molecule has 98 valence electrons. The molecule has 0 spiro atoms. The third kappa shape index (κ3) is 2.20. The summed E-state index contributed by atoms with van der Waals surface area (Å²) >= 11 is 6.39. The first-order valence-electron chi connectivity index (χ1n) is 6.49. The minimum atomic E-state index is 0.337. The summed E-state index contributed by atoms with van der Waals surface area (Å²) in [6.45, 7) is 6.39. The van der Waals surface area contributed by atoms with Gasteiger partial charge in [-0.2, -0.15) is 0 Å². The number of hydrogen-bond donors (Lipinski definition) is 1. The summed E-state index contributed by atoms with van der Waals surface area (Å²) in [7, 11) is 0. The fraction of sp³-hybridized carbons (Fsp3) is 0.615. The van der Waals surface area contributed by atoms with Crippen molar-refractivity contribution < 1.29 is 4.74 Å². The van der Waals surface area contributed by atoms with Gasteiger partial charge in [-0.25, -0.2) is 4.98 Å². The molecular weight excluding hydrogens is 250 g/mol. The number of rotatable bonds is 1. The van der Waals surface area contributed by atoms with Crippen LogP contribution in [0.3, 0.4) is 0 Å². The van der Waals surface area contributed by atoms with Crippen LogP contribution < -0.4 is 10.2 Å². The number of nitrogens with zero attached hydrogens (tertiary/aromatic N) is 2. The highest BCUT2D eigenvalue weighted by molar-refractivity contribution is 6.33. The van der Waals surface area contributed by atoms with Gasteiger partial charge in [-0.05, 0) is 18.6 Å². The number of nitrogens with one attached hydrogen (secondary N) is 1. The Hall–Kier alpha value is -0.840. The van der Waals surface area contributed by atoms with Crippen LogP contribution in [0.5, 0.6) is 0 Å². The van der Waals surface area contributed by atoms with Crippen LogP contribution in [-0.4, -0.2) is 37.3 Å². The standard InChI is InChI=1S/C13H18ClN3O/c1-9-8-18-5-4-17(9)13-11(14)6-10-7-15-3-2-12(10)16-13/h6,9,15H,2-5,7-8H2,1H3/t9-/m1/s1. The van der Waals surface area contributed by atoms with E-state index in [9.17, 15) is 0 Å². The fourth-order valence-corrected chi connectivity index (χ4v) is 2.88. The maximum Gasteiger partial charge on any atom is 0.148 e. The summed E-state index contributed by atoms with van der Waals surface area (Å²) in [4.78, 5) is 7.04. The lowest BCUT2D eigenvalue weighted by atomic mass is 10.1. The Bertz CT molecular complexity index is 452. The number of ether oxygens (including phenoxy) is 1. The molecular formula is C13H18ClN3O. The van der Waals surface area contributed by atoms with E-state index >= 15 is 0 Å². The van der Waals surface area contributed by atoms with Crippen LogP contribution in [0.15, 0.2) is 6.07 Å². The molecule has 0 bridgehead atoms. The first-order chi connectivity index (χ1) is 8.75. The molecule has 18 heavy (non-hydrogen) atoms. The summed E-state index contributed by atoms with van der Waals surface area (Å²) in [6, 6.07) is 2.40. The predicted octanol–water partition coefficient (Wildman–Crippen LogP) is 1.61. The highest BCUT2D eigenvalue weighted by atomic mass is 35.5. The number of anilines is 1. The van der Waals surface area contributed by atoms with Crippen LogP contribution >= 0.6 is 11.6 Å². The monoisotopic (exact) mass is 267 g/mol. The third-order valence-electron chi connectivity index (χ3n) is 3.62. The van der Waals surface area contributed by atoms with Gasteiger partial charge in [-0.3, -0.25) is 0 Å². The van der Waals surface area contributed by atoms with E-state index in [0.29, 0.717) is 6.04 Å². The predicted molar refractivity (Wildman–Crippen MR) is 72.3 cm³/mol. The smallest absolute Gasteiger partial charge is 0.148 e. The van der Waals surface area contributed by atoms with Crippen molar-refractivity contribution in [1.29, 1.82) is 0 Å². The fourth-order valence-electron chi connectivity index (χ4n) is 2.60. The number of fused-ring (bicyclic) bond motifs is 1. The number of pyridine rings is 1. The Morgan fingerprint density at radius 3 is 3.28 bits per heavy atom. The minimum Gasteiger partial charge on any atom is -0.377 e. The van der Waals surface area contributed by atoms with E-state index in [1.165, 1.54) is 11.3 Å². The Balaban J connectivity index is 1.95. The van der Waals surface area contributed by atoms with Crippen molar-refractivity contribution in [3.05, 3.63) is 22.3 Å². The second-order valence-electron chi connectivity index (χ2n) is 4.94. The van der Waals surface area contributed by atoms with Gasteiger partial charge >= 0.3 is 0 Å². The van der Waals surface area contributed by atoms with E-state index in [1.807, 2.05) is 0 Å². The van der Waals surface area contributed by atoms with Crippen molar-refractivity contribution in [1.82, 2.24) is 10.3 Å². The lowest BCUT2D eigenvalue weighted by Crippen LogP contribution is -2.44. The van der Waals surface area contributed by atoms with Crippen LogP contribution in [0.2, 0.25) is 5.02 Å². The van der Waals surface area contributed by atoms with Gasteiger partial charge in [-0.15, -0.1) is 0 Å². The quantitative estimate of drug-likeness (QED) is 0.839. The van der Waals surface area contributed by atoms with Gasteiger partial charge in [0.15, 0.2) is 0 Å². The van der Waals surface area contributed by atoms with Crippen molar-refractivity contribution in [3.8, 4) is 0 Å². The number of hydrogen-bond acceptors (Lipinski definition) is 4. The van der Waals surface area contributed by atoms with Crippen LogP contribution in [0.4, 0.5) is 5.82 Å². The lowest BCUT2D eigenvalue weighted by molar-refractivity contribution is 0.0985. The van der Waals surface area contributed by atoms with Crippen LogP contribution in [0.25, 0.3) is 0 Å². The molecule has 0 unspecified atom stereocenters. The van der Waals surface area contributed by atoms with Crippen molar-refractivity contribution >= 4 is 17.4 Å². The van der Waals surface area contributed by atoms with Gasteiger partial charge in [-0.1, -0.05) is 11.6 Å². The molecule has 4 nitrogen and oxygen atoms in total. The maximum atomic E-state index is 6.39. The average molecular weight is 268 g/mol. The summed E-state index contributed by atoms with van der Waals surface area (Å²) in [5, 5.41) is 4.10. The first-order valence-corrected chi connectivity index (χ1v) is 6.87. The summed E-state index contributed by atoms with van der Waals surface area (Å²) in [5.74, 6) is 0.924. The Morgan fingerprint density at radius 2 is 2.44 bits per heavy atom. The molecule has 1 aromatic rings. The second-order valence-corrected chi connectivity index (χ2v) is 5.35. The number of halogens is 1. The molecule has 0 aromatic carbocycles. The first kappa shape index (κ1) is 12.2. The SMILES string of the molecule is C[C@@H]1COCCN1c1nc2c(cc1Cl)CNCC2. The van der Waals surface area contributed by atoms with Crippen molar-refractivity contribution in [2.24, 2.45) is 0 Å². The molecule has 1 N–H and O–H groups in total. The molecule has 1 fully saturated rings. The Labute approximate surface area is 112 Å². The second kappa shape index (κ2) is 5.03. The molecule has 0 amide bonds. The maximum absolute atomic E-state index is 6.39. The molecule has 3 rings (SSSR count). The molecule has 2 aliphatic heterocycles. The molecule has 5 heteroatoms. The molecule has 1 atom stereocenters. The van der Waals surface area contributed by atoms with Crippen molar-refractivity contribution in [2.75, 3.05) is 31.2 Å². The van der Waals surface area contributed by atoms with E-state index in [2.05, 4.69) is 23.2 Å². The molecule has 0 radical (unpaired) electrons. The van der Waals surface area contributed by atoms with Gasteiger partial charge in [0.25, 0.3) is 0 Å². The summed E-state index contributed by atoms with van der Waals surface area (Å²) < 4.78 is 5.46. The normalized spacial score (nSPS) is 23.9. The molecule has 0 saturated carbocycles. The van der Waals surface area contributed by atoms with E-state index in [1.54, 1.807) is 0 Å². The zero-order valence-corrected chi connectivity index (χ0v) is 11.3. The van der Waals surface area contributed by atoms with Crippen molar-refractivity contribution in [3.63, 3.8) is 0 Å². The van der Waals surface area contributed by atoms with Crippen LogP contribution in [0.1, 0.15) is 18.2 Å². The topological polar surface area (TPSA) is 37.4 Å². The van der Waals surface area contributed by atoms with Gasteiger partial charge in [0.05, 0.1) is 24.3 Å². The Morgan fingerprint density at radius 1 is 1.56 bits per heavy atom. The molecule has 1 aromatic heterocycles. The van der Waals surface area contributed by atoms with Gasteiger partial charge in [0, 0.05) is 31.7 Å². The van der Waals surface area contributed by atoms with E-state index in [0.717, 1.165) is 50.1 Å². The number of aromatic nitrogens is 1. The van der Waals surface area contributed by atoms with Crippen LogP contribution in [-0.2, 0) is 17.7 Å². The van der Waals surface area contributed by atoms with Gasteiger partial charge in [0.2, 0.25) is 0 Å². The molecule has 3 heterocycles. The largest absolute Gasteiger partial charge is 0.377 e. The van der Waals surface area contributed by atoms with E-state index in [-0.39, 0.29) is 0 Å². The van der Waals surface area contributed by atoms with Gasteiger partial charge < -0.3 is 15.0 Å². The zero-order chi connectivity index (χ0) is 12.5. The Kier molecular flexibility index (Phi) is 3.41. The molecule has 0 aliphatic carbocycles. The summed E-state index contributed by atoms with van der Waals surface area (Å²) in [5.41, 5.74) is 2.42. The highest BCUT2D eigenvalue weighted by Gasteiger charge is 2.24.